The van der Waals surface area contributed by atoms with E-state index in [-0.39, 0.29) is 11.8 Å². The fourth-order valence-corrected chi connectivity index (χ4v) is 3.44. The molecule has 2 heterocycles. The fraction of sp³-hybridized carbons (Fsp3) is 0.474. The number of aromatic amines is 1. The van der Waals surface area contributed by atoms with Crippen molar-refractivity contribution in [2.24, 2.45) is 0 Å². The summed E-state index contributed by atoms with van der Waals surface area (Å²) < 4.78 is 10.8. The molecule has 1 fully saturated rings. The van der Waals surface area contributed by atoms with E-state index in [9.17, 15) is 4.79 Å². The Hall–Kier alpha value is -2.50. The molecule has 1 atom stereocenters. The molecule has 134 valence electrons. The van der Waals surface area contributed by atoms with Crippen LogP contribution in [0.2, 0.25) is 0 Å². The third kappa shape index (κ3) is 3.48. The van der Waals surface area contributed by atoms with Crippen LogP contribution < -0.4 is 9.47 Å². The summed E-state index contributed by atoms with van der Waals surface area (Å²) in [6, 6.07) is 5.65. The third-order valence-electron chi connectivity index (χ3n) is 4.85. The number of H-pyrrole nitrogens is 1. The van der Waals surface area contributed by atoms with Crippen molar-refractivity contribution in [2.45, 2.75) is 32.6 Å². The maximum Gasteiger partial charge on any atom is 0.254 e. The van der Waals surface area contributed by atoms with E-state index in [1.54, 1.807) is 26.4 Å². The number of piperidine rings is 1. The molecular formula is C19H25N3O3. The van der Waals surface area contributed by atoms with Gasteiger partial charge in [-0.25, -0.2) is 0 Å². The van der Waals surface area contributed by atoms with Crippen molar-refractivity contribution in [3.8, 4) is 11.5 Å². The number of hydrogen-bond acceptors (Lipinski definition) is 4. The molecule has 0 spiro atoms. The largest absolute Gasteiger partial charge is 0.496 e. The normalized spacial score (nSPS) is 17.4. The highest BCUT2D eigenvalue weighted by molar-refractivity contribution is 5.95. The maximum absolute atomic E-state index is 13.0. The van der Waals surface area contributed by atoms with E-state index >= 15 is 0 Å². The molecule has 1 aromatic carbocycles. The molecule has 1 aliphatic rings. The average Bonchev–Trinajstić information content (AvgIpc) is 3.08. The van der Waals surface area contributed by atoms with Crippen LogP contribution in [-0.4, -0.2) is 48.3 Å². The van der Waals surface area contributed by atoms with Gasteiger partial charge in [-0.15, -0.1) is 0 Å². The lowest BCUT2D eigenvalue weighted by molar-refractivity contribution is 0.0705. The lowest BCUT2D eigenvalue weighted by Crippen LogP contribution is -2.39. The molecule has 2 aromatic rings. The molecule has 1 saturated heterocycles. The average molecular weight is 343 g/mol. The Morgan fingerprint density at radius 2 is 1.88 bits per heavy atom. The third-order valence-corrected chi connectivity index (χ3v) is 4.85. The zero-order valence-electron chi connectivity index (χ0n) is 15.3. The Kier molecular flexibility index (Phi) is 4.97. The predicted octanol–water partition coefficient (Wildman–Crippen LogP) is 3.06. The van der Waals surface area contributed by atoms with Crippen LogP contribution in [0.4, 0.5) is 0 Å². The summed E-state index contributed by atoms with van der Waals surface area (Å²) in [6.07, 6.45) is 2.02. The van der Waals surface area contributed by atoms with E-state index in [0.29, 0.717) is 23.6 Å². The fourth-order valence-electron chi connectivity index (χ4n) is 3.44. The molecule has 6 heteroatoms. The van der Waals surface area contributed by atoms with Crippen molar-refractivity contribution < 1.29 is 14.3 Å². The van der Waals surface area contributed by atoms with E-state index in [1.807, 2.05) is 18.7 Å². The minimum atomic E-state index is 0.00792. The van der Waals surface area contributed by atoms with Crippen LogP contribution in [0.3, 0.4) is 0 Å². The van der Waals surface area contributed by atoms with E-state index < -0.39 is 0 Å². The summed E-state index contributed by atoms with van der Waals surface area (Å²) in [6.45, 7) is 5.36. The monoisotopic (exact) mass is 343 g/mol. The number of benzene rings is 1. The van der Waals surface area contributed by atoms with E-state index in [0.717, 1.165) is 36.3 Å². The van der Waals surface area contributed by atoms with Crippen LogP contribution in [0.1, 0.15) is 46.1 Å². The van der Waals surface area contributed by atoms with Gasteiger partial charge in [0.2, 0.25) is 0 Å². The number of hydrogen-bond donors (Lipinski definition) is 1. The van der Waals surface area contributed by atoms with Crippen LogP contribution in [0.25, 0.3) is 0 Å². The highest BCUT2D eigenvalue weighted by Gasteiger charge is 2.27. The molecule has 1 N–H and O–H groups in total. The van der Waals surface area contributed by atoms with Gasteiger partial charge in [0, 0.05) is 35.8 Å². The van der Waals surface area contributed by atoms with Crippen molar-refractivity contribution in [1.82, 2.24) is 15.1 Å². The predicted molar refractivity (Wildman–Crippen MR) is 95.5 cm³/mol. The number of methoxy groups -OCH3 is 2. The van der Waals surface area contributed by atoms with E-state index in [4.69, 9.17) is 9.47 Å². The first-order chi connectivity index (χ1) is 12.0. The second kappa shape index (κ2) is 7.17. The Morgan fingerprint density at radius 3 is 2.44 bits per heavy atom. The van der Waals surface area contributed by atoms with Gasteiger partial charge in [-0.3, -0.25) is 9.89 Å². The molecule has 0 radical (unpaired) electrons. The van der Waals surface area contributed by atoms with Crippen molar-refractivity contribution in [3.05, 3.63) is 40.7 Å². The van der Waals surface area contributed by atoms with Gasteiger partial charge in [-0.1, -0.05) is 0 Å². The Labute approximate surface area is 148 Å². The number of nitrogens with one attached hydrogen (secondary N) is 1. The molecule has 1 amide bonds. The van der Waals surface area contributed by atoms with Gasteiger partial charge in [0.05, 0.1) is 19.9 Å². The lowest BCUT2D eigenvalue weighted by atomic mass is 9.94. The van der Waals surface area contributed by atoms with Crippen LogP contribution in [-0.2, 0) is 0 Å². The maximum atomic E-state index is 13.0. The van der Waals surface area contributed by atoms with Crippen molar-refractivity contribution >= 4 is 5.91 Å². The van der Waals surface area contributed by atoms with Crippen molar-refractivity contribution in [2.75, 3.05) is 27.3 Å². The standard InChI is InChI=1S/C19H25N3O3/c1-12-8-16(21-20-12)14-6-5-7-22(11-14)19(23)15-9-17(24-3)13(2)18(10-15)25-4/h8-10,14H,5-7,11H2,1-4H3,(H,20,21)/t14-/m0/s1. The summed E-state index contributed by atoms with van der Waals surface area (Å²) in [7, 11) is 3.21. The van der Waals surface area contributed by atoms with Gasteiger partial charge in [-0.05, 0) is 44.9 Å². The Balaban J connectivity index is 1.82. The van der Waals surface area contributed by atoms with Crippen LogP contribution in [0, 0.1) is 13.8 Å². The van der Waals surface area contributed by atoms with Gasteiger partial charge in [-0.2, -0.15) is 5.10 Å². The minimum Gasteiger partial charge on any atom is -0.496 e. The van der Waals surface area contributed by atoms with Crippen molar-refractivity contribution in [3.63, 3.8) is 0 Å². The number of likely N-dealkylation sites (tertiary alicyclic amines) is 1. The molecule has 0 unspecified atom stereocenters. The summed E-state index contributed by atoms with van der Waals surface area (Å²) in [4.78, 5) is 14.9. The molecule has 0 bridgehead atoms. The van der Waals surface area contributed by atoms with Crippen LogP contribution in [0.5, 0.6) is 11.5 Å². The highest BCUT2D eigenvalue weighted by atomic mass is 16.5. The summed E-state index contributed by atoms with van der Waals surface area (Å²) in [5, 5.41) is 7.36. The first-order valence-corrected chi connectivity index (χ1v) is 8.57. The Morgan fingerprint density at radius 1 is 1.20 bits per heavy atom. The quantitative estimate of drug-likeness (QED) is 0.926. The number of carbonyl (C=O) groups is 1. The van der Waals surface area contributed by atoms with Crippen molar-refractivity contribution in [1.29, 1.82) is 0 Å². The van der Waals surface area contributed by atoms with Gasteiger partial charge in [0.25, 0.3) is 5.91 Å². The SMILES string of the molecule is COc1cc(C(=O)N2CCC[C@H](c3cc(C)[nH]n3)C2)cc(OC)c1C. The molecular weight excluding hydrogens is 318 g/mol. The highest BCUT2D eigenvalue weighted by Crippen LogP contribution is 2.32. The molecule has 0 aliphatic carbocycles. The summed E-state index contributed by atoms with van der Waals surface area (Å²) in [5.74, 6) is 1.61. The number of ether oxygens (including phenoxy) is 2. The number of aryl methyl sites for hydroxylation is 1. The summed E-state index contributed by atoms with van der Waals surface area (Å²) >= 11 is 0. The van der Waals surface area contributed by atoms with Gasteiger partial charge in [0.15, 0.2) is 0 Å². The first-order valence-electron chi connectivity index (χ1n) is 8.57. The van der Waals surface area contributed by atoms with Gasteiger partial charge in [0.1, 0.15) is 11.5 Å². The van der Waals surface area contributed by atoms with Crippen LogP contribution in [0.15, 0.2) is 18.2 Å². The topological polar surface area (TPSA) is 67.5 Å². The minimum absolute atomic E-state index is 0.00792. The zero-order chi connectivity index (χ0) is 18.0. The van der Waals surface area contributed by atoms with Gasteiger partial charge >= 0.3 is 0 Å². The van der Waals surface area contributed by atoms with E-state index in [1.165, 1.54) is 0 Å². The number of amides is 1. The molecule has 1 aromatic heterocycles. The van der Waals surface area contributed by atoms with E-state index in [2.05, 4.69) is 16.3 Å². The molecule has 3 rings (SSSR count). The Bertz CT molecular complexity index is 744. The molecule has 6 nitrogen and oxygen atoms in total. The summed E-state index contributed by atoms with van der Waals surface area (Å²) in [5.41, 5.74) is 3.57. The zero-order valence-corrected chi connectivity index (χ0v) is 15.3. The molecule has 1 aliphatic heterocycles. The van der Waals surface area contributed by atoms with Crippen LogP contribution >= 0.6 is 0 Å². The molecule has 0 saturated carbocycles. The first kappa shape index (κ1) is 17.3. The molecule has 25 heavy (non-hydrogen) atoms. The lowest BCUT2D eigenvalue weighted by Gasteiger charge is -2.32. The number of aromatic nitrogens is 2. The number of nitrogens with zero attached hydrogens (tertiary/aromatic N) is 2. The van der Waals surface area contributed by atoms with Gasteiger partial charge < -0.3 is 14.4 Å². The number of rotatable bonds is 4. The number of carbonyl (C=O) groups excluding carboxylic acids is 1. The smallest absolute Gasteiger partial charge is 0.254 e. The second-order valence-electron chi connectivity index (χ2n) is 6.57. The second-order valence-corrected chi connectivity index (χ2v) is 6.57.